The summed E-state index contributed by atoms with van der Waals surface area (Å²) in [7, 11) is 18.7. The molecule has 0 aliphatic carbocycles. The lowest BCUT2D eigenvalue weighted by atomic mass is 10.1. The molecule has 1 saturated heterocycles. The minimum atomic E-state index is -3.18. The zero-order valence-corrected chi connectivity index (χ0v) is 66.3. The molecule has 1 aromatic carbocycles. The minimum absolute atomic E-state index is 0.0579. The number of piperidine rings is 1. The zero-order valence-electron chi connectivity index (χ0n) is 65.5. The predicted molar refractivity (Wildman–Crippen MR) is 426 cm³/mol. The number of allylic oxidation sites excluding steroid dienone is 1. The molecule has 11 heterocycles. The third-order valence-electron chi connectivity index (χ3n) is 17.3. The van der Waals surface area contributed by atoms with Crippen LogP contribution in [0.2, 0.25) is 0 Å². The van der Waals surface area contributed by atoms with Crippen molar-refractivity contribution in [1.82, 2.24) is 63.9 Å². The van der Waals surface area contributed by atoms with Crippen LogP contribution in [-0.2, 0) is 19.6 Å². The van der Waals surface area contributed by atoms with Crippen molar-refractivity contribution in [2.45, 2.75) is 125 Å². The molecule has 0 bridgehead atoms. The maximum absolute atomic E-state index is 10.8. The number of carbonyl (C=O) groups is 1. The number of carbonyl (C=O) groups excluding carboxylic acids is 1. The third kappa shape index (κ3) is 36.6. The van der Waals surface area contributed by atoms with E-state index in [4.69, 9.17) is 10.5 Å². The van der Waals surface area contributed by atoms with Gasteiger partial charge in [-0.1, -0.05) is 57.7 Å². The molecule has 12 rings (SSSR count). The topological polar surface area (TPSA) is 270 Å². The number of nitrogens with two attached hydrogens (primary N) is 1. The molecule has 1 fully saturated rings. The van der Waals surface area contributed by atoms with Gasteiger partial charge >= 0.3 is 0 Å². The summed E-state index contributed by atoms with van der Waals surface area (Å²) in [6, 6.07) is 11.1. The van der Waals surface area contributed by atoms with Crippen LogP contribution in [0.3, 0.4) is 0 Å². The van der Waals surface area contributed by atoms with Gasteiger partial charge < -0.3 is 64.4 Å². The highest BCUT2D eigenvalue weighted by molar-refractivity contribution is 7.89. The first-order valence-electron chi connectivity index (χ1n) is 36.8. The van der Waals surface area contributed by atoms with Crippen LogP contribution in [0.4, 0.5) is 0 Å². The summed E-state index contributed by atoms with van der Waals surface area (Å²) in [5.41, 5.74) is 7.92. The van der Waals surface area contributed by atoms with Crippen LogP contribution in [0.5, 0.6) is 0 Å². The van der Waals surface area contributed by atoms with E-state index in [1.807, 2.05) is 62.3 Å². The lowest BCUT2D eigenvalue weighted by Crippen LogP contribution is -2.46. The highest BCUT2D eigenvalue weighted by Gasteiger charge is 2.23. The van der Waals surface area contributed by atoms with E-state index in [0.717, 1.165) is 167 Å². The molecule has 4 N–H and O–H groups in total. The Kier molecular flexibility index (Phi) is 43.1. The molecule has 29 heteroatoms. The predicted octanol–water partition coefficient (Wildman–Crippen LogP) is 6.05. The van der Waals surface area contributed by atoms with Gasteiger partial charge in [-0.3, -0.25) is 59.8 Å². The first-order chi connectivity index (χ1) is 48.3. The van der Waals surface area contributed by atoms with Crippen LogP contribution in [0.1, 0.15) is 130 Å². The SMILES string of the molecule is C=C1CCCCN1C1=NCCCN1C.CC(=O)NC1=NCCCN1C.CC(C)C1=NCCCN1C.CC1=NCCCN1C.CCC1=NCCCN1C.CN1C=NCCC1.CN1CCCN=C1N.CN1CCCN=C1NS(C)(=O)=O.CN1CCCN=C1c1ccccc1.COC1=NCCCN1C. The quantitative estimate of drug-likeness (QED) is 0.310. The summed E-state index contributed by atoms with van der Waals surface area (Å²) in [4.78, 5) is 76.6. The molecular formula is C72H134N24O4S. The minimum Gasteiger partial charge on any atom is -0.468 e. The van der Waals surface area contributed by atoms with Gasteiger partial charge in [-0.15, -0.1) is 0 Å². The summed E-state index contributed by atoms with van der Waals surface area (Å²) in [6.07, 6.45) is 19.3. The molecule has 0 radical (unpaired) electrons. The Morgan fingerprint density at radius 3 is 1.45 bits per heavy atom. The zero-order chi connectivity index (χ0) is 74.5. The van der Waals surface area contributed by atoms with Gasteiger partial charge in [0.05, 0.1) is 31.4 Å². The number of amides is 1. The van der Waals surface area contributed by atoms with Gasteiger partial charge in [0.15, 0.2) is 11.9 Å². The summed E-state index contributed by atoms with van der Waals surface area (Å²) < 4.78 is 29.0. The number of rotatable bonds is 4. The first-order valence-corrected chi connectivity index (χ1v) is 38.7. The Balaban J connectivity index is 0.000000294. The largest absolute Gasteiger partial charge is 0.468 e. The average Bonchev–Trinajstić information content (AvgIpc) is 0.854. The van der Waals surface area contributed by atoms with Crippen molar-refractivity contribution >= 4 is 75.5 Å². The monoisotopic (exact) mass is 1430 g/mol. The van der Waals surface area contributed by atoms with Crippen molar-refractivity contribution in [3.8, 4) is 0 Å². The number of sulfonamides is 1. The van der Waals surface area contributed by atoms with Crippen molar-refractivity contribution in [2.75, 3.05) is 221 Å². The Hall–Kier alpha value is -7.72. The fourth-order valence-corrected chi connectivity index (χ4v) is 12.0. The van der Waals surface area contributed by atoms with Gasteiger partial charge in [0.2, 0.25) is 27.8 Å². The number of methoxy groups -OCH3 is 1. The van der Waals surface area contributed by atoms with Gasteiger partial charge in [0.1, 0.15) is 11.7 Å². The summed E-state index contributed by atoms with van der Waals surface area (Å²) >= 11 is 0. The lowest BCUT2D eigenvalue weighted by molar-refractivity contribution is -0.117. The molecule has 0 aromatic heterocycles. The molecule has 1 aromatic rings. The Labute approximate surface area is 610 Å². The second-order valence-electron chi connectivity index (χ2n) is 26.8. The molecule has 1 amide bonds. The van der Waals surface area contributed by atoms with E-state index in [1.165, 1.54) is 113 Å². The number of guanidine groups is 4. The van der Waals surface area contributed by atoms with Crippen LogP contribution in [0.15, 0.2) is 92.5 Å². The van der Waals surface area contributed by atoms with Crippen LogP contribution >= 0.6 is 0 Å². The summed E-state index contributed by atoms with van der Waals surface area (Å²) in [5.74, 6) is 8.34. The number of nitrogens with zero attached hydrogens (tertiary/aromatic N) is 21. The van der Waals surface area contributed by atoms with Gasteiger partial charge in [-0.25, -0.2) is 13.4 Å². The number of hydrogen-bond acceptors (Lipinski definition) is 26. The molecule has 0 saturated carbocycles. The lowest BCUT2D eigenvalue weighted by Gasteiger charge is -2.37. The highest BCUT2D eigenvalue weighted by Crippen LogP contribution is 2.21. The van der Waals surface area contributed by atoms with E-state index in [2.05, 4.69) is 188 Å². The van der Waals surface area contributed by atoms with Crippen molar-refractivity contribution < 1.29 is 17.9 Å². The Bertz CT molecular complexity index is 2930. The van der Waals surface area contributed by atoms with Crippen molar-refractivity contribution in [1.29, 1.82) is 0 Å². The normalized spacial score (nSPS) is 19.8. The molecular weight excluding hydrogens is 1300 g/mol. The fraction of sp³-hybridized carbons (Fsp3) is 0.736. The Morgan fingerprint density at radius 2 is 1.04 bits per heavy atom. The molecule has 11 aliphatic heterocycles. The van der Waals surface area contributed by atoms with Crippen LogP contribution < -0.4 is 15.8 Å². The maximum Gasteiger partial charge on any atom is 0.286 e. The number of ether oxygens (including phenoxy) is 1. The smallest absolute Gasteiger partial charge is 0.286 e. The van der Waals surface area contributed by atoms with E-state index in [0.29, 0.717) is 30.3 Å². The van der Waals surface area contributed by atoms with Crippen LogP contribution in [0, 0.1) is 5.92 Å². The first kappa shape index (κ1) is 87.5. The van der Waals surface area contributed by atoms with Gasteiger partial charge in [0.25, 0.3) is 6.02 Å². The Morgan fingerprint density at radius 1 is 0.545 bits per heavy atom. The number of nitrogens with one attached hydrogen (secondary N) is 2. The average molecular weight is 1430 g/mol. The number of aliphatic imine (C=N–C) groups is 10. The van der Waals surface area contributed by atoms with Crippen LogP contribution in [0.25, 0.3) is 0 Å². The molecule has 101 heavy (non-hydrogen) atoms. The maximum atomic E-state index is 10.8. The summed E-state index contributed by atoms with van der Waals surface area (Å²) in [6.45, 7) is 35.6. The number of amidine groups is 5. The molecule has 0 atom stereocenters. The summed E-state index contributed by atoms with van der Waals surface area (Å²) in [5, 5.41) is 2.67. The van der Waals surface area contributed by atoms with Crippen molar-refractivity contribution in [3.05, 3.63) is 48.2 Å². The number of likely N-dealkylation sites (tertiary alicyclic amines) is 1. The van der Waals surface area contributed by atoms with Crippen molar-refractivity contribution in [3.63, 3.8) is 0 Å². The van der Waals surface area contributed by atoms with Gasteiger partial charge in [-0.2, -0.15) is 0 Å². The second-order valence-corrected chi connectivity index (χ2v) is 28.6. The fourth-order valence-electron chi connectivity index (χ4n) is 11.4. The molecule has 0 spiro atoms. The molecule has 11 aliphatic rings. The third-order valence-corrected chi connectivity index (χ3v) is 17.8. The number of benzene rings is 1. The van der Waals surface area contributed by atoms with Crippen LogP contribution in [-0.4, -0.2) is 349 Å². The van der Waals surface area contributed by atoms with Gasteiger partial charge in [-0.05, 0) is 90.4 Å². The van der Waals surface area contributed by atoms with E-state index >= 15 is 0 Å². The standard InChI is InChI=1S/C11H19N3.C11H14N2.C8H16N2.C7H13N3O.C7H14N2.C6H13N3O2S.C6H12N2O.C6H12N2.C5H11N3.C5H10N2/c1-10-6-3-4-9-14(10)11-12-7-5-8-13(11)2;1-13-9-5-8-12-11(13)10-6-3-2-4-7-10;1-7(2)8-9-5-4-6-10(8)3;1-6(11)9-7-8-4-3-5-10(7)2;1-3-7-8-5-4-6-9(7)2;1-9-5-3-4-7-6(9)8-12(2,10)11;1-8-5-3-4-7-6(8)9-2;1-6-7-4-3-5-8(6)2;1-8-4-2-3-7-5(8)6;1-7-4-2-3-6-5-7/h1,3-9H2,2H3;2-4,6-7H,5,8-9H2,1H3;7H,4-6H2,1-3H3;3-5H2,1-2H3,(H,8,9,11);3-6H2,1-2H3;3-5H2,1-2H3,(H,7,8);3-5H2,1-2H3;3-5H2,1-2H3;2-4H2,1H3,(H2,6,7);5H,2-4H2,1H3. The molecule has 28 nitrogen and oxygen atoms in total. The van der Waals surface area contributed by atoms with E-state index in [9.17, 15) is 13.2 Å². The molecule has 0 unspecified atom stereocenters. The van der Waals surface area contributed by atoms with E-state index in [-0.39, 0.29) is 5.91 Å². The van der Waals surface area contributed by atoms with E-state index in [1.54, 1.807) is 12.0 Å². The van der Waals surface area contributed by atoms with E-state index < -0.39 is 10.0 Å². The molecule has 572 valence electrons. The highest BCUT2D eigenvalue weighted by atomic mass is 32.2. The van der Waals surface area contributed by atoms with Gasteiger partial charge in [0, 0.05) is 238 Å². The van der Waals surface area contributed by atoms with Crippen molar-refractivity contribution in [2.24, 2.45) is 61.6 Å². The number of hydrogen-bond donors (Lipinski definition) is 3. The second kappa shape index (κ2) is 49.8.